The van der Waals surface area contributed by atoms with E-state index < -0.39 is 0 Å². The molecule has 0 radical (unpaired) electrons. The van der Waals surface area contributed by atoms with E-state index in [4.69, 9.17) is 5.11 Å². The number of aryl methyl sites for hydroxylation is 1. The lowest BCUT2D eigenvalue weighted by Crippen LogP contribution is -2.38. The molecule has 0 aliphatic heterocycles. The minimum Gasteiger partial charge on any atom is -0.396 e. The molecule has 5 heteroatoms. The van der Waals surface area contributed by atoms with Gasteiger partial charge < -0.3 is 15.7 Å². The maximum atomic E-state index is 11.7. The number of urea groups is 1. The number of halogens is 1. The number of carbonyl (C=O) groups is 1. The molecule has 4 nitrogen and oxygen atoms in total. The molecule has 0 spiro atoms. The van der Waals surface area contributed by atoms with Gasteiger partial charge in [-0.05, 0) is 40.5 Å². The molecular weight excluding hydrogens is 296 g/mol. The van der Waals surface area contributed by atoms with Crippen molar-refractivity contribution in [1.29, 1.82) is 0 Å². The first-order valence-corrected chi connectivity index (χ1v) is 6.55. The number of aliphatic hydroxyl groups is 1. The maximum absolute atomic E-state index is 11.7. The van der Waals surface area contributed by atoms with E-state index in [1.165, 1.54) is 0 Å². The van der Waals surface area contributed by atoms with Crippen molar-refractivity contribution in [2.24, 2.45) is 5.41 Å². The van der Waals surface area contributed by atoms with Crippen LogP contribution in [0.1, 0.15) is 19.4 Å². The van der Waals surface area contributed by atoms with Crippen LogP contribution in [0, 0.1) is 12.3 Å². The van der Waals surface area contributed by atoms with Crippen LogP contribution in [0.4, 0.5) is 10.5 Å². The van der Waals surface area contributed by atoms with E-state index in [1.54, 1.807) is 0 Å². The van der Waals surface area contributed by atoms with Crippen LogP contribution in [0.5, 0.6) is 0 Å². The highest BCUT2D eigenvalue weighted by atomic mass is 79.9. The summed E-state index contributed by atoms with van der Waals surface area (Å²) in [5.74, 6) is 0. The van der Waals surface area contributed by atoms with Crippen LogP contribution in [0.15, 0.2) is 22.7 Å². The fraction of sp³-hybridized carbons (Fsp3) is 0.462. The third-order valence-electron chi connectivity index (χ3n) is 2.53. The smallest absolute Gasteiger partial charge is 0.319 e. The zero-order chi connectivity index (χ0) is 13.8. The van der Waals surface area contributed by atoms with Crippen molar-refractivity contribution in [1.82, 2.24) is 5.32 Å². The summed E-state index contributed by atoms with van der Waals surface area (Å²) in [6, 6.07) is 5.47. The molecule has 0 atom stereocenters. The van der Waals surface area contributed by atoms with Crippen molar-refractivity contribution in [2.45, 2.75) is 20.8 Å². The van der Waals surface area contributed by atoms with Crippen molar-refractivity contribution in [3.63, 3.8) is 0 Å². The van der Waals surface area contributed by atoms with Crippen LogP contribution in [0.3, 0.4) is 0 Å². The van der Waals surface area contributed by atoms with Crippen molar-refractivity contribution in [2.75, 3.05) is 18.5 Å². The molecule has 0 aliphatic carbocycles. The van der Waals surface area contributed by atoms with E-state index >= 15 is 0 Å². The average molecular weight is 315 g/mol. The normalized spacial score (nSPS) is 11.2. The molecule has 0 saturated carbocycles. The van der Waals surface area contributed by atoms with Crippen LogP contribution in [0.25, 0.3) is 0 Å². The lowest BCUT2D eigenvalue weighted by molar-refractivity contribution is 0.158. The van der Waals surface area contributed by atoms with Gasteiger partial charge in [0.05, 0.1) is 5.69 Å². The van der Waals surface area contributed by atoms with Gasteiger partial charge in [0.2, 0.25) is 0 Å². The van der Waals surface area contributed by atoms with E-state index in [0.29, 0.717) is 6.54 Å². The van der Waals surface area contributed by atoms with Gasteiger partial charge in [-0.1, -0.05) is 19.9 Å². The second kappa shape index (κ2) is 6.20. The Morgan fingerprint density at radius 2 is 2.11 bits per heavy atom. The van der Waals surface area contributed by atoms with Gasteiger partial charge in [0.1, 0.15) is 0 Å². The summed E-state index contributed by atoms with van der Waals surface area (Å²) >= 11 is 3.38. The van der Waals surface area contributed by atoms with Gasteiger partial charge in [-0.25, -0.2) is 4.79 Å². The van der Waals surface area contributed by atoms with Gasteiger partial charge >= 0.3 is 6.03 Å². The maximum Gasteiger partial charge on any atom is 0.319 e. The standard InChI is InChI=1S/C13H19BrN2O2/c1-9-4-5-10(14)11(6-9)16-12(18)15-7-13(2,3)8-17/h4-6,17H,7-8H2,1-3H3,(H2,15,16,18). The molecule has 0 aromatic heterocycles. The van der Waals surface area contributed by atoms with Crippen LogP contribution >= 0.6 is 15.9 Å². The van der Waals surface area contributed by atoms with Gasteiger partial charge in [0.15, 0.2) is 0 Å². The third kappa shape index (κ3) is 4.66. The largest absolute Gasteiger partial charge is 0.396 e. The molecular formula is C13H19BrN2O2. The Balaban J connectivity index is 2.57. The van der Waals surface area contributed by atoms with Crippen LogP contribution in [-0.2, 0) is 0 Å². The number of nitrogens with one attached hydrogen (secondary N) is 2. The summed E-state index contributed by atoms with van der Waals surface area (Å²) in [7, 11) is 0. The quantitative estimate of drug-likeness (QED) is 0.800. The minimum atomic E-state index is -0.318. The number of rotatable bonds is 4. The van der Waals surface area contributed by atoms with E-state index in [-0.39, 0.29) is 18.1 Å². The Kier molecular flexibility index (Phi) is 5.16. The first-order chi connectivity index (χ1) is 8.34. The molecule has 0 bridgehead atoms. The molecule has 18 heavy (non-hydrogen) atoms. The molecule has 0 aliphatic rings. The predicted molar refractivity (Wildman–Crippen MR) is 76.8 cm³/mol. The van der Waals surface area contributed by atoms with Crippen LogP contribution in [0.2, 0.25) is 0 Å². The van der Waals surface area contributed by atoms with Gasteiger partial charge in [-0.15, -0.1) is 0 Å². The van der Waals surface area contributed by atoms with Gasteiger partial charge in [-0.2, -0.15) is 0 Å². The molecule has 0 unspecified atom stereocenters. The Hall–Kier alpha value is -1.07. The summed E-state index contributed by atoms with van der Waals surface area (Å²) in [6.07, 6.45) is 0. The second-order valence-corrected chi connectivity index (χ2v) is 5.97. The van der Waals surface area contributed by atoms with E-state index in [0.717, 1.165) is 15.7 Å². The van der Waals surface area contributed by atoms with Gasteiger partial charge in [0, 0.05) is 23.0 Å². The molecule has 0 heterocycles. The molecule has 1 aromatic rings. The average Bonchev–Trinajstić information content (AvgIpc) is 2.31. The Bertz CT molecular complexity index is 433. The number of amides is 2. The number of hydrogen-bond donors (Lipinski definition) is 3. The molecule has 2 amide bonds. The first kappa shape index (κ1) is 15.0. The van der Waals surface area contributed by atoms with Crippen molar-refractivity contribution in [3.05, 3.63) is 28.2 Å². The second-order valence-electron chi connectivity index (χ2n) is 5.11. The van der Waals surface area contributed by atoms with E-state index in [9.17, 15) is 4.79 Å². The van der Waals surface area contributed by atoms with E-state index in [1.807, 2.05) is 39.0 Å². The summed E-state index contributed by atoms with van der Waals surface area (Å²) in [4.78, 5) is 11.7. The summed E-state index contributed by atoms with van der Waals surface area (Å²) in [5.41, 5.74) is 1.49. The summed E-state index contributed by atoms with van der Waals surface area (Å²) < 4.78 is 0.838. The van der Waals surface area contributed by atoms with Gasteiger partial charge in [-0.3, -0.25) is 0 Å². The lowest BCUT2D eigenvalue weighted by Gasteiger charge is -2.22. The molecule has 100 valence electrons. The topological polar surface area (TPSA) is 61.4 Å². The first-order valence-electron chi connectivity index (χ1n) is 5.76. The summed E-state index contributed by atoms with van der Waals surface area (Å²) in [6.45, 7) is 6.18. The lowest BCUT2D eigenvalue weighted by atomic mass is 9.95. The molecule has 1 aromatic carbocycles. The van der Waals surface area contributed by atoms with E-state index in [2.05, 4.69) is 26.6 Å². The number of hydrogen-bond acceptors (Lipinski definition) is 2. The zero-order valence-electron chi connectivity index (χ0n) is 10.9. The Labute approximate surface area is 116 Å². The number of carbonyl (C=O) groups excluding carboxylic acids is 1. The predicted octanol–water partition coefficient (Wildman–Crippen LogP) is 2.90. The van der Waals surface area contributed by atoms with Crippen molar-refractivity contribution >= 4 is 27.6 Å². The fourth-order valence-electron chi connectivity index (χ4n) is 1.28. The number of aliphatic hydroxyl groups excluding tert-OH is 1. The summed E-state index contributed by atoms with van der Waals surface area (Å²) in [5, 5.41) is 14.6. The number of benzene rings is 1. The Morgan fingerprint density at radius 1 is 1.44 bits per heavy atom. The highest BCUT2D eigenvalue weighted by molar-refractivity contribution is 9.10. The molecule has 3 N–H and O–H groups in total. The Morgan fingerprint density at radius 3 is 2.72 bits per heavy atom. The molecule has 0 fully saturated rings. The minimum absolute atomic E-state index is 0.0292. The molecule has 0 saturated heterocycles. The van der Waals surface area contributed by atoms with Gasteiger partial charge in [0.25, 0.3) is 0 Å². The number of anilines is 1. The van der Waals surface area contributed by atoms with Crippen molar-refractivity contribution in [3.8, 4) is 0 Å². The SMILES string of the molecule is Cc1ccc(Br)c(NC(=O)NCC(C)(C)CO)c1. The monoisotopic (exact) mass is 314 g/mol. The van der Waals surface area contributed by atoms with Crippen LogP contribution < -0.4 is 10.6 Å². The highest BCUT2D eigenvalue weighted by Crippen LogP contribution is 2.23. The third-order valence-corrected chi connectivity index (χ3v) is 3.22. The highest BCUT2D eigenvalue weighted by Gasteiger charge is 2.17. The molecule has 1 rings (SSSR count). The fourth-order valence-corrected chi connectivity index (χ4v) is 1.62. The van der Waals surface area contributed by atoms with Crippen molar-refractivity contribution < 1.29 is 9.90 Å². The van der Waals surface area contributed by atoms with Crippen LogP contribution in [-0.4, -0.2) is 24.3 Å². The zero-order valence-corrected chi connectivity index (χ0v) is 12.5.